The summed E-state index contributed by atoms with van der Waals surface area (Å²) in [5.41, 5.74) is 6.08. The molecule has 0 heterocycles. The van der Waals surface area contributed by atoms with E-state index in [1.807, 2.05) is 26.0 Å². The van der Waals surface area contributed by atoms with Crippen LogP contribution in [0.3, 0.4) is 0 Å². The molecular formula is C16H18BrFN2O. The van der Waals surface area contributed by atoms with Gasteiger partial charge in [0, 0.05) is 10.0 Å². The zero-order valence-electron chi connectivity index (χ0n) is 12.2. The number of hydrogen-bond donors (Lipinski definition) is 2. The standard InChI is InChI=1S/C16H18BrFN2O/c1-9-8-14(21-3)10(2)7-11(9)16(20-19)15-12(17)5-4-6-13(15)18/h4-8,16,20H,19H2,1-3H3. The summed E-state index contributed by atoms with van der Waals surface area (Å²) >= 11 is 3.40. The third-order valence-corrected chi connectivity index (χ3v) is 4.24. The third kappa shape index (κ3) is 3.10. The number of rotatable bonds is 4. The van der Waals surface area contributed by atoms with Gasteiger partial charge in [0.15, 0.2) is 0 Å². The molecule has 2 rings (SSSR count). The zero-order chi connectivity index (χ0) is 15.6. The molecule has 0 fully saturated rings. The van der Waals surface area contributed by atoms with Crippen LogP contribution < -0.4 is 16.0 Å². The molecule has 21 heavy (non-hydrogen) atoms. The number of hydrazine groups is 1. The lowest BCUT2D eigenvalue weighted by Gasteiger charge is -2.22. The van der Waals surface area contributed by atoms with Crippen molar-refractivity contribution in [2.45, 2.75) is 19.9 Å². The summed E-state index contributed by atoms with van der Waals surface area (Å²) in [4.78, 5) is 0. The molecule has 1 unspecified atom stereocenters. The molecule has 0 bridgehead atoms. The summed E-state index contributed by atoms with van der Waals surface area (Å²) in [6.45, 7) is 3.90. The predicted octanol–water partition coefficient (Wildman–Crippen LogP) is 3.77. The van der Waals surface area contributed by atoms with Crippen molar-refractivity contribution in [1.29, 1.82) is 0 Å². The Labute approximate surface area is 132 Å². The van der Waals surface area contributed by atoms with E-state index in [4.69, 9.17) is 10.6 Å². The normalized spacial score (nSPS) is 12.3. The smallest absolute Gasteiger partial charge is 0.129 e. The van der Waals surface area contributed by atoms with Crippen LogP contribution in [0.2, 0.25) is 0 Å². The van der Waals surface area contributed by atoms with Crippen LogP contribution in [-0.4, -0.2) is 7.11 Å². The molecule has 1 atom stereocenters. The van der Waals surface area contributed by atoms with Crippen LogP contribution in [0.5, 0.6) is 5.75 Å². The zero-order valence-corrected chi connectivity index (χ0v) is 13.8. The van der Waals surface area contributed by atoms with E-state index in [1.54, 1.807) is 19.2 Å². The summed E-state index contributed by atoms with van der Waals surface area (Å²) in [6.07, 6.45) is 0. The molecule has 0 aliphatic carbocycles. The van der Waals surface area contributed by atoms with E-state index in [0.717, 1.165) is 22.4 Å². The Morgan fingerprint density at radius 1 is 1.24 bits per heavy atom. The average molecular weight is 353 g/mol. The van der Waals surface area contributed by atoms with Gasteiger partial charge in [0.25, 0.3) is 0 Å². The minimum Gasteiger partial charge on any atom is -0.496 e. The fourth-order valence-electron chi connectivity index (χ4n) is 2.46. The van der Waals surface area contributed by atoms with Crippen molar-refractivity contribution < 1.29 is 9.13 Å². The number of hydrogen-bond acceptors (Lipinski definition) is 3. The first kappa shape index (κ1) is 15.9. The molecule has 0 aliphatic rings. The molecule has 0 spiro atoms. The van der Waals surface area contributed by atoms with E-state index in [9.17, 15) is 4.39 Å². The van der Waals surface area contributed by atoms with E-state index < -0.39 is 6.04 Å². The van der Waals surface area contributed by atoms with Gasteiger partial charge in [-0.1, -0.05) is 28.1 Å². The van der Waals surface area contributed by atoms with E-state index in [0.29, 0.717) is 10.0 Å². The maximum Gasteiger partial charge on any atom is 0.129 e. The molecule has 5 heteroatoms. The van der Waals surface area contributed by atoms with Gasteiger partial charge in [-0.2, -0.15) is 0 Å². The molecule has 3 N–H and O–H groups in total. The molecule has 0 amide bonds. The largest absolute Gasteiger partial charge is 0.496 e. The second-order valence-electron chi connectivity index (χ2n) is 4.91. The van der Waals surface area contributed by atoms with E-state index in [-0.39, 0.29) is 5.82 Å². The van der Waals surface area contributed by atoms with Gasteiger partial charge in [-0.15, -0.1) is 0 Å². The van der Waals surface area contributed by atoms with Gasteiger partial charge in [-0.3, -0.25) is 5.84 Å². The summed E-state index contributed by atoms with van der Waals surface area (Å²) in [7, 11) is 1.63. The minimum atomic E-state index is -0.440. The molecule has 0 aliphatic heterocycles. The predicted molar refractivity (Wildman–Crippen MR) is 85.7 cm³/mol. The maximum absolute atomic E-state index is 14.2. The van der Waals surface area contributed by atoms with Crippen LogP contribution in [0.25, 0.3) is 0 Å². The Morgan fingerprint density at radius 2 is 1.95 bits per heavy atom. The minimum absolute atomic E-state index is 0.305. The van der Waals surface area contributed by atoms with E-state index >= 15 is 0 Å². The monoisotopic (exact) mass is 352 g/mol. The second kappa shape index (κ2) is 6.56. The average Bonchev–Trinajstić information content (AvgIpc) is 2.45. The molecule has 0 saturated heterocycles. The highest BCUT2D eigenvalue weighted by Gasteiger charge is 2.22. The fourth-order valence-corrected chi connectivity index (χ4v) is 3.03. The Hall–Kier alpha value is -1.43. The Kier molecular flexibility index (Phi) is 4.98. The number of halogens is 2. The maximum atomic E-state index is 14.2. The van der Waals surface area contributed by atoms with Crippen LogP contribution in [0.4, 0.5) is 4.39 Å². The summed E-state index contributed by atoms with van der Waals surface area (Å²) < 4.78 is 20.2. The van der Waals surface area contributed by atoms with Gasteiger partial charge in [-0.25, -0.2) is 9.82 Å². The van der Waals surface area contributed by atoms with Crippen LogP contribution in [-0.2, 0) is 0 Å². The summed E-state index contributed by atoms with van der Waals surface area (Å²) in [5, 5.41) is 0. The Balaban J connectivity index is 2.60. The Morgan fingerprint density at radius 3 is 2.52 bits per heavy atom. The molecule has 2 aromatic rings. The lowest BCUT2D eigenvalue weighted by atomic mass is 9.93. The van der Waals surface area contributed by atoms with Crippen molar-refractivity contribution in [1.82, 2.24) is 5.43 Å². The second-order valence-corrected chi connectivity index (χ2v) is 5.77. The highest BCUT2D eigenvalue weighted by Crippen LogP contribution is 2.34. The summed E-state index contributed by atoms with van der Waals surface area (Å²) in [5.74, 6) is 6.20. The van der Waals surface area contributed by atoms with Gasteiger partial charge in [-0.05, 0) is 48.7 Å². The number of benzene rings is 2. The van der Waals surface area contributed by atoms with E-state index in [1.165, 1.54) is 6.07 Å². The topological polar surface area (TPSA) is 47.3 Å². The fraction of sp³-hybridized carbons (Fsp3) is 0.250. The van der Waals surface area contributed by atoms with Gasteiger partial charge < -0.3 is 4.74 Å². The lowest BCUT2D eigenvalue weighted by Crippen LogP contribution is -2.30. The number of nitrogens with two attached hydrogens (primary N) is 1. The van der Waals surface area contributed by atoms with Crippen molar-refractivity contribution in [3.63, 3.8) is 0 Å². The molecular weight excluding hydrogens is 335 g/mol. The number of methoxy groups -OCH3 is 1. The number of nitrogens with one attached hydrogen (secondary N) is 1. The SMILES string of the molecule is COc1cc(C)c(C(NN)c2c(F)cccc2Br)cc1C. The molecule has 112 valence electrons. The lowest BCUT2D eigenvalue weighted by molar-refractivity contribution is 0.411. The summed E-state index contributed by atoms with van der Waals surface area (Å²) in [6, 6.07) is 8.35. The number of aryl methyl sites for hydroxylation is 2. The molecule has 0 aromatic heterocycles. The Bertz CT molecular complexity index is 641. The first-order chi connectivity index (χ1) is 9.99. The van der Waals surface area contributed by atoms with Crippen molar-refractivity contribution in [2.75, 3.05) is 7.11 Å². The van der Waals surface area contributed by atoms with Crippen LogP contribution in [0.15, 0.2) is 34.8 Å². The van der Waals surface area contributed by atoms with Crippen LogP contribution in [0, 0.1) is 19.7 Å². The molecule has 3 nitrogen and oxygen atoms in total. The molecule has 2 aromatic carbocycles. The number of ether oxygens (including phenoxy) is 1. The highest BCUT2D eigenvalue weighted by atomic mass is 79.9. The quantitative estimate of drug-likeness (QED) is 0.650. The van der Waals surface area contributed by atoms with Crippen LogP contribution >= 0.6 is 15.9 Å². The van der Waals surface area contributed by atoms with Crippen LogP contribution in [0.1, 0.15) is 28.3 Å². The molecule has 0 saturated carbocycles. The van der Waals surface area contributed by atoms with E-state index in [2.05, 4.69) is 21.4 Å². The first-order valence-electron chi connectivity index (χ1n) is 6.54. The third-order valence-electron chi connectivity index (χ3n) is 3.55. The van der Waals surface area contributed by atoms with Gasteiger partial charge in [0.05, 0.1) is 13.2 Å². The van der Waals surface area contributed by atoms with Crippen molar-refractivity contribution in [2.24, 2.45) is 5.84 Å². The van der Waals surface area contributed by atoms with Crippen molar-refractivity contribution in [3.05, 3.63) is 62.9 Å². The van der Waals surface area contributed by atoms with Gasteiger partial charge in [0.2, 0.25) is 0 Å². The molecule has 0 radical (unpaired) electrons. The first-order valence-corrected chi connectivity index (χ1v) is 7.34. The van der Waals surface area contributed by atoms with Crippen molar-refractivity contribution >= 4 is 15.9 Å². The van der Waals surface area contributed by atoms with Crippen molar-refractivity contribution in [3.8, 4) is 5.75 Å². The van der Waals surface area contributed by atoms with Gasteiger partial charge in [0.1, 0.15) is 11.6 Å². The highest BCUT2D eigenvalue weighted by molar-refractivity contribution is 9.10. The van der Waals surface area contributed by atoms with Gasteiger partial charge >= 0.3 is 0 Å².